The molecular formula is C24H25N5O2. The number of hydrogen-bond acceptors (Lipinski definition) is 5. The third kappa shape index (κ3) is 4.40. The first kappa shape index (κ1) is 20.5. The molecule has 7 nitrogen and oxygen atoms in total. The second-order valence-corrected chi connectivity index (χ2v) is 7.42. The van der Waals surface area contributed by atoms with Gasteiger partial charge in [-0.15, -0.1) is 0 Å². The lowest BCUT2D eigenvalue weighted by Crippen LogP contribution is -2.29. The molecule has 0 bridgehead atoms. The highest BCUT2D eigenvalue weighted by Crippen LogP contribution is 2.25. The predicted molar refractivity (Wildman–Crippen MR) is 118 cm³/mol. The zero-order chi connectivity index (χ0) is 21.8. The smallest absolute Gasteiger partial charge is 0.252 e. The van der Waals surface area contributed by atoms with Crippen LogP contribution in [0.4, 0.5) is 0 Å². The van der Waals surface area contributed by atoms with E-state index in [2.05, 4.69) is 20.4 Å². The number of carbonyl (C=O) groups is 1. The van der Waals surface area contributed by atoms with Crippen LogP contribution < -0.4 is 10.1 Å². The zero-order valence-corrected chi connectivity index (χ0v) is 17.9. The van der Waals surface area contributed by atoms with E-state index in [4.69, 9.17) is 4.74 Å². The number of nitrogens with zero attached hydrogens (tertiary/aromatic N) is 4. The standard InChI is InChI=1S/C24H25N5O2/c1-16-21(17(2)29-24(27-16)25-15-26-29)12-13-22(30)28-23(18-8-5-4-6-9-18)19-10-7-11-20(14-19)31-3/h4-11,14-15,23H,12-13H2,1-3H3,(H,28,30)/t23-/m1/s1. The maximum Gasteiger partial charge on any atom is 0.252 e. The van der Waals surface area contributed by atoms with Crippen LogP contribution in [0, 0.1) is 13.8 Å². The van der Waals surface area contributed by atoms with Gasteiger partial charge in [-0.25, -0.2) is 9.50 Å². The quantitative estimate of drug-likeness (QED) is 0.499. The largest absolute Gasteiger partial charge is 0.497 e. The minimum Gasteiger partial charge on any atom is -0.497 e. The summed E-state index contributed by atoms with van der Waals surface area (Å²) < 4.78 is 7.08. The maximum absolute atomic E-state index is 13.0. The van der Waals surface area contributed by atoms with Crippen LogP contribution in [-0.4, -0.2) is 32.6 Å². The molecule has 2 aromatic heterocycles. The molecule has 0 aliphatic heterocycles. The maximum atomic E-state index is 13.0. The van der Waals surface area contributed by atoms with E-state index in [0.717, 1.165) is 33.8 Å². The summed E-state index contributed by atoms with van der Waals surface area (Å²) in [6, 6.07) is 17.5. The topological polar surface area (TPSA) is 81.4 Å². The summed E-state index contributed by atoms with van der Waals surface area (Å²) in [7, 11) is 1.64. The molecule has 0 fully saturated rings. The Morgan fingerprint density at radius 1 is 1.10 bits per heavy atom. The Bertz CT molecular complexity index is 1200. The molecule has 31 heavy (non-hydrogen) atoms. The second-order valence-electron chi connectivity index (χ2n) is 7.42. The number of fused-ring (bicyclic) bond motifs is 1. The number of aryl methyl sites for hydroxylation is 2. The first-order valence-corrected chi connectivity index (χ1v) is 10.2. The van der Waals surface area contributed by atoms with E-state index in [1.54, 1.807) is 11.6 Å². The summed E-state index contributed by atoms with van der Waals surface area (Å²) in [6.07, 6.45) is 2.41. The summed E-state index contributed by atoms with van der Waals surface area (Å²) in [6.45, 7) is 3.92. The average molecular weight is 415 g/mol. The van der Waals surface area contributed by atoms with Gasteiger partial charge in [-0.2, -0.15) is 10.1 Å². The normalized spacial score (nSPS) is 12.0. The van der Waals surface area contributed by atoms with E-state index in [9.17, 15) is 4.79 Å². The van der Waals surface area contributed by atoms with Crippen LogP contribution in [0.15, 0.2) is 60.9 Å². The van der Waals surface area contributed by atoms with E-state index >= 15 is 0 Å². The van der Waals surface area contributed by atoms with Crippen molar-refractivity contribution in [2.45, 2.75) is 32.7 Å². The number of amides is 1. The Balaban J connectivity index is 1.54. The fourth-order valence-electron chi connectivity index (χ4n) is 3.81. The molecule has 0 radical (unpaired) electrons. The molecule has 0 unspecified atom stereocenters. The molecule has 0 aliphatic rings. The Hall–Kier alpha value is -3.74. The van der Waals surface area contributed by atoms with E-state index < -0.39 is 0 Å². The molecule has 1 amide bonds. The second kappa shape index (κ2) is 8.95. The number of rotatable bonds is 7. The highest BCUT2D eigenvalue weighted by molar-refractivity contribution is 5.77. The highest BCUT2D eigenvalue weighted by atomic mass is 16.5. The summed E-state index contributed by atoms with van der Waals surface area (Å²) >= 11 is 0. The molecule has 2 aromatic carbocycles. The summed E-state index contributed by atoms with van der Waals surface area (Å²) in [5.41, 5.74) is 4.84. The summed E-state index contributed by atoms with van der Waals surface area (Å²) in [5.74, 6) is 1.30. The van der Waals surface area contributed by atoms with Crippen molar-refractivity contribution in [2.24, 2.45) is 0 Å². The van der Waals surface area contributed by atoms with E-state index in [1.807, 2.05) is 68.4 Å². The lowest BCUT2D eigenvalue weighted by atomic mass is 9.98. The Labute approximate surface area is 181 Å². The first-order chi connectivity index (χ1) is 15.1. The van der Waals surface area contributed by atoms with Crippen LogP contribution >= 0.6 is 0 Å². The van der Waals surface area contributed by atoms with Crippen LogP contribution in [0.2, 0.25) is 0 Å². The number of methoxy groups -OCH3 is 1. The van der Waals surface area contributed by atoms with Crippen molar-refractivity contribution in [1.82, 2.24) is 24.9 Å². The monoisotopic (exact) mass is 415 g/mol. The molecule has 158 valence electrons. The first-order valence-electron chi connectivity index (χ1n) is 10.2. The molecule has 4 aromatic rings. The van der Waals surface area contributed by atoms with Gasteiger partial charge in [0.05, 0.1) is 13.2 Å². The fourth-order valence-corrected chi connectivity index (χ4v) is 3.81. The number of benzene rings is 2. The summed E-state index contributed by atoms with van der Waals surface area (Å²) in [4.78, 5) is 21.6. The van der Waals surface area contributed by atoms with Crippen LogP contribution in [0.5, 0.6) is 5.75 Å². The Kier molecular flexibility index (Phi) is 5.93. The van der Waals surface area contributed by atoms with E-state index in [1.165, 1.54) is 6.33 Å². The lowest BCUT2D eigenvalue weighted by molar-refractivity contribution is -0.121. The fraction of sp³-hybridized carbons (Fsp3) is 0.250. The van der Waals surface area contributed by atoms with Gasteiger partial charge in [0.1, 0.15) is 12.1 Å². The van der Waals surface area contributed by atoms with Gasteiger partial charge >= 0.3 is 0 Å². The van der Waals surface area contributed by atoms with Crippen molar-refractivity contribution in [3.8, 4) is 5.75 Å². The van der Waals surface area contributed by atoms with Crippen molar-refractivity contribution in [1.29, 1.82) is 0 Å². The van der Waals surface area contributed by atoms with Gasteiger partial charge in [0.25, 0.3) is 5.78 Å². The Morgan fingerprint density at radius 3 is 2.65 bits per heavy atom. The van der Waals surface area contributed by atoms with Crippen molar-refractivity contribution in [3.05, 3.63) is 89.0 Å². The van der Waals surface area contributed by atoms with Gasteiger partial charge in [-0.3, -0.25) is 4.79 Å². The number of aromatic nitrogens is 4. The highest BCUT2D eigenvalue weighted by Gasteiger charge is 2.18. The molecule has 0 saturated heterocycles. The number of hydrogen-bond donors (Lipinski definition) is 1. The molecule has 2 heterocycles. The zero-order valence-electron chi connectivity index (χ0n) is 17.9. The molecule has 7 heteroatoms. The van der Waals surface area contributed by atoms with Crippen LogP contribution in [0.3, 0.4) is 0 Å². The lowest BCUT2D eigenvalue weighted by Gasteiger charge is -2.21. The van der Waals surface area contributed by atoms with E-state index in [-0.39, 0.29) is 11.9 Å². The third-order valence-corrected chi connectivity index (χ3v) is 5.46. The van der Waals surface area contributed by atoms with Crippen molar-refractivity contribution < 1.29 is 9.53 Å². The number of carbonyl (C=O) groups excluding carboxylic acids is 1. The average Bonchev–Trinajstić information content (AvgIpc) is 3.26. The Morgan fingerprint density at radius 2 is 1.87 bits per heavy atom. The van der Waals surface area contributed by atoms with Gasteiger partial charge < -0.3 is 10.1 Å². The molecular weight excluding hydrogens is 390 g/mol. The minimum absolute atomic E-state index is 0.0332. The number of nitrogens with one attached hydrogen (secondary N) is 1. The predicted octanol–water partition coefficient (Wildman–Crippen LogP) is 3.59. The van der Waals surface area contributed by atoms with Crippen molar-refractivity contribution >= 4 is 11.7 Å². The van der Waals surface area contributed by atoms with E-state index in [0.29, 0.717) is 18.6 Å². The van der Waals surface area contributed by atoms with Gasteiger partial charge in [-0.05, 0) is 49.1 Å². The SMILES string of the molecule is COc1cccc([C@H](NC(=O)CCc2c(C)nc3ncnn3c2C)c2ccccc2)c1. The molecule has 4 rings (SSSR count). The molecule has 0 aliphatic carbocycles. The molecule has 0 saturated carbocycles. The molecule has 1 atom stereocenters. The molecule has 0 spiro atoms. The molecule has 1 N–H and O–H groups in total. The minimum atomic E-state index is -0.262. The van der Waals surface area contributed by atoms with Gasteiger partial charge in [0.2, 0.25) is 5.91 Å². The number of ether oxygens (including phenoxy) is 1. The van der Waals surface area contributed by atoms with Crippen LogP contribution in [0.25, 0.3) is 5.78 Å². The summed E-state index contributed by atoms with van der Waals surface area (Å²) in [5, 5.41) is 7.41. The van der Waals surface area contributed by atoms with Crippen LogP contribution in [-0.2, 0) is 11.2 Å². The van der Waals surface area contributed by atoms with Crippen molar-refractivity contribution in [3.63, 3.8) is 0 Å². The van der Waals surface area contributed by atoms with Gasteiger partial charge in [0, 0.05) is 17.8 Å². The van der Waals surface area contributed by atoms with Crippen molar-refractivity contribution in [2.75, 3.05) is 7.11 Å². The van der Waals surface area contributed by atoms with Crippen LogP contribution in [0.1, 0.15) is 40.5 Å². The van der Waals surface area contributed by atoms with Gasteiger partial charge in [0.15, 0.2) is 0 Å². The third-order valence-electron chi connectivity index (χ3n) is 5.46. The van der Waals surface area contributed by atoms with Gasteiger partial charge in [-0.1, -0.05) is 42.5 Å².